The number of thiazole rings is 1. The Kier molecular flexibility index (Phi) is 3.31. The minimum atomic E-state index is 0.777. The van der Waals surface area contributed by atoms with E-state index in [0.717, 1.165) is 22.0 Å². The summed E-state index contributed by atoms with van der Waals surface area (Å²) in [6.07, 6.45) is 3.05. The SMILES string of the molecule is Clc1ccc(C[CH]c2nc3ccccc3s2)cc1. The van der Waals surface area contributed by atoms with Crippen LogP contribution in [0.15, 0.2) is 48.5 Å². The standard InChI is InChI=1S/C15H11ClNS/c16-12-8-5-11(6-9-12)7-10-15-17-13-3-1-2-4-14(13)18-15/h1-6,8-10H,7H2. The van der Waals surface area contributed by atoms with Crippen LogP contribution in [0.5, 0.6) is 0 Å². The van der Waals surface area contributed by atoms with Crippen LogP contribution in [-0.4, -0.2) is 4.98 Å². The molecule has 0 unspecified atom stereocenters. The van der Waals surface area contributed by atoms with Gasteiger partial charge in [0.1, 0.15) is 0 Å². The molecule has 0 aliphatic rings. The maximum absolute atomic E-state index is 5.86. The van der Waals surface area contributed by atoms with E-state index in [4.69, 9.17) is 11.6 Å². The van der Waals surface area contributed by atoms with Crippen molar-refractivity contribution in [3.8, 4) is 0 Å². The van der Waals surface area contributed by atoms with Crippen molar-refractivity contribution in [1.29, 1.82) is 0 Å². The highest BCUT2D eigenvalue weighted by Gasteiger charge is 2.03. The molecule has 0 N–H and O–H groups in total. The largest absolute Gasteiger partial charge is 0.241 e. The van der Waals surface area contributed by atoms with Gasteiger partial charge in [-0.1, -0.05) is 35.9 Å². The predicted octanol–water partition coefficient (Wildman–Crippen LogP) is 4.74. The zero-order valence-electron chi connectivity index (χ0n) is 9.64. The molecule has 0 atom stereocenters. The second kappa shape index (κ2) is 5.09. The first kappa shape index (κ1) is 11.7. The van der Waals surface area contributed by atoms with Crippen molar-refractivity contribution in [2.75, 3.05) is 0 Å². The van der Waals surface area contributed by atoms with Gasteiger partial charge in [-0.25, -0.2) is 4.98 Å². The summed E-state index contributed by atoms with van der Waals surface area (Å²) >= 11 is 7.59. The van der Waals surface area contributed by atoms with Gasteiger partial charge in [-0.05, 0) is 36.2 Å². The molecule has 0 spiro atoms. The van der Waals surface area contributed by atoms with Crippen molar-refractivity contribution in [1.82, 2.24) is 4.98 Å². The molecule has 0 fully saturated rings. The summed E-state index contributed by atoms with van der Waals surface area (Å²) in [7, 11) is 0. The van der Waals surface area contributed by atoms with Crippen LogP contribution in [0.2, 0.25) is 5.02 Å². The van der Waals surface area contributed by atoms with Gasteiger partial charge in [-0.15, -0.1) is 11.3 Å². The van der Waals surface area contributed by atoms with Crippen LogP contribution in [0.25, 0.3) is 10.2 Å². The summed E-state index contributed by atoms with van der Waals surface area (Å²) in [6.45, 7) is 0. The van der Waals surface area contributed by atoms with Gasteiger partial charge in [0.15, 0.2) is 0 Å². The topological polar surface area (TPSA) is 12.9 Å². The summed E-state index contributed by atoms with van der Waals surface area (Å²) in [5.74, 6) is 0. The number of benzene rings is 2. The highest BCUT2D eigenvalue weighted by molar-refractivity contribution is 7.18. The highest BCUT2D eigenvalue weighted by Crippen LogP contribution is 2.23. The van der Waals surface area contributed by atoms with E-state index in [1.54, 1.807) is 11.3 Å². The normalized spacial score (nSPS) is 10.9. The second-order valence-electron chi connectivity index (χ2n) is 4.05. The van der Waals surface area contributed by atoms with Crippen molar-refractivity contribution in [2.45, 2.75) is 6.42 Å². The minimum Gasteiger partial charge on any atom is -0.241 e. The third-order valence-corrected chi connectivity index (χ3v) is 4.02. The molecular weight excluding hydrogens is 262 g/mol. The maximum atomic E-state index is 5.86. The average molecular weight is 273 g/mol. The highest BCUT2D eigenvalue weighted by atomic mass is 35.5. The fraction of sp³-hybridized carbons (Fsp3) is 0.0667. The molecule has 3 rings (SSSR count). The second-order valence-corrected chi connectivity index (χ2v) is 5.55. The molecule has 0 saturated heterocycles. The van der Waals surface area contributed by atoms with Crippen LogP contribution in [0.4, 0.5) is 0 Å². The van der Waals surface area contributed by atoms with E-state index in [1.807, 2.05) is 42.5 Å². The van der Waals surface area contributed by atoms with Gasteiger partial charge in [0, 0.05) is 11.4 Å². The maximum Gasteiger partial charge on any atom is 0.0979 e. The zero-order chi connectivity index (χ0) is 12.4. The first-order chi connectivity index (χ1) is 8.81. The lowest BCUT2D eigenvalue weighted by atomic mass is 10.1. The number of para-hydroxylation sites is 1. The van der Waals surface area contributed by atoms with E-state index < -0.39 is 0 Å². The third-order valence-electron chi connectivity index (χ3n) is 2.74. The average Bonchev–Trinajstić information content (AvgIpc) is 2.81. The summed E-state index contributed by atoms with van der Waals surface area (Å²) in [5.41, 5.74) is 2.32. The van der Waals surface area contributed by atoms with Crippen molar-refractivity contribution in [3.05, 3.63) is 70.5 Å². The Morgan fingerprint density at radius 1 is 1.06 bits per heavy atom. The molecule has 1 heterocycles. The fourth-order valence-corrected chi connectivity index (χ4v) is 2.83. The van der Waals surface area contributed by atoms with Crippen LogP contribution in [0, 0.1) is 6.42 Å². The summed E-state index contributed by atoms with van der Waals surface area (Å²) in [5, 5.41) is 1.85. The van der Waals surface area contributed by atoms with Crippen molar-refractivity contribution in [3.63, 3.8) is 0 Å². The lowest BCUT2D eigenvalue weighted by Crippen LogP contribution is -1.87. The summed E-state index contributed by atoms with van der Waals surface area (Å²) in [6, 6.07) is 16.1. The van der Waals surface area contributed by atoms with Gasteiger partial charge in [-0.3, -0.25) is 0 Å². The van der Waals surface area contributed by atoms with E-state index in [9.17, 15) is 0 Å². The Hall–Kier alpha value is -1.38. The van der Waals surface area contributed by atoms with Crippen LogP contribution < -0.4 is 0 Å². The summed E-state index contributed by atoms with van der Waals surface area (Å²) < 4.78 is 1.24. The van der Waals surface area contributed by atoms with Gasteiger partial charge in [0.25, 0.3) is 0 Å². The third kappa shape index (κ3) is 2.55. The number of halogens is 1. The zero-order valence-corrected chi connectivity index (χ0v) is 11.2. The molecule has 3 aromatic rings. The van der Waals surface area contributed by atoms with E-state index >= 15 is 0 Å². The molecule has 89 valence electrons. The lowest BCUT2D eigenvalue weighted by molar-refractivity contribution is 1.15. The number of hydrogen-bond donors (Lipinski definition) is 0. The predicted molar refractivity (Wildman–Crippen MR) is 78.2 cm³/mol. The van der Waals surface area contributed by atoms with E-state index in [1.165, 1.54) is 10.3 Å². The molecule has 1 aromatic heterocycles. The van der Waals surface area contributed by atoms with Gasteiger partial charge in [0.2, 0.25) is 0 Å². The Morgan fingerprint density at radius 3 is 2.61 bits per heavy atom. The first-order valence-electron chi connectivity index (χ1n) is 5.74. The molecule has 1 nitrogen and oxygen atoms in total. The molecule has 1 radical (unpaired) electrons. The Balaban J connectivity index is 1.74. The molecule has 18 heavy (non-hydrogen) atoms. The van der Waals surface area contributed by atoms with Crippen molar-refractivity contribution in [2.24, 2.45) is 0 Å². The fourth-order valence-electron chi connectivity index (χ4n) is 1.80. The smallest absolute Gasteiger partial charge is 0.0979 e. The number of nitrogens with zero attached hydrogens (tertiary/aromatic N) is 1. The molecule has 0 aliphatic heterocycles. The summed E-state index contributed by atoms with van der Waals surface area (Å²) in [4.78, 5) is 4.58. The van der Waals surface area contributed by atoms with Crippen LogP contribution in [-0.2, 0) is 6.42 Å². The van der Waals surface area contributed by atoms with Gasteiger partial charge < -0.3 is 0 Å². The van der Waals surface area contributed by atoms with Crippen molar-refractivity contribution >= 4 is 33.2 Å². The van der Waals surface area contributed by atoms with E-state index in [0.29, 0.717) is 0 Å². The number of hydrogen-bond acceptors (Lipinski definition) is 2. The number of fused-ring (bicyclic) bond motifs is 1. The molecule has 3 heteroatoms. The Bertz CT molecular complexity index is 625. The van der Waals surface area contributed by atoms with Gasteiger partial charge >= 0.3 is 0 Å². The van der Waals surface area contributed by atoms with Crippen LogP contribution >= 0.6 is 22.9 Å². The monoisotopic (exact) mass is 272 g/mol. The number of rotatable bonds is 3. The lowest BCUT2D eigenvalue weighted by Gasteiger charge is -1.98. The van der Waals surface area contributed by atoms with Gasteiger partial charge in [-0.2, -0.15) is 0 Å². The molecule has 0 bridgehead atoms. The molecule has 0 aliphatic carbocycles. The first-order valence-corrected chi connectivity index (χ1v) is 6.94. The quantitative estimate of drug-likeness (QED) is 0.671. The Labute approximate surface area is 115 Å². The molecule has 2 aromatic carbocycles. The molecule has 0 saturated carbocycles. The Morgan fingerprint density at radius 2 is 1.83 bits per heavy atom. The van der Waals surface area contributed by atoms with E-state index in [2.05, 4.69) is 17.5 Å². The van der Waals surface area contributed by atoms with Crippen LogP contribution in [0.1, 0.15) is 10.6 Å². The van der Waals surface area contributed by atoms with Crippen LogP contribution in [0.3, 0.4) is 0 Å². The molecule has 0 amide bonds. The number of aromatic nitrogens is 1. The van der Waals surface area contributed by atoms with Crippen molar-refractivity contribution < 1.29 is 0 Å². The molecular formula is C15H11ClNS. The minimum absolute atomic E-state index is 0.777. The van der Waals surface area contributed by atoms with Gasteiger partial charge in [0.05, 0.1) is 15.2 Å². The van der Waals surface area contributed by atoms with E-state index in [-0.39, 0.29) is 0 Å².